The van der Waals surface area contributed by atoms with E-state index in [9.17, 15) is 10.2 Å². The Balaban J connectivity index is 2.47. The van der Waals surface area contributed by atoms with Crippen LogP contribution in [0.2, 0.25) is 0 Å². The van der Waals surface area contributed by atoms with E-state index in [4.69, 9.17) is 0 Å². The van der Waals surface area contributed by atoms with Crippen molar-refractivity contribution in [2.75, 3.05) is 0 Å². The first kappa shape index (κ1) is 19.4. The first-order chi connectivity index (χ1) is 12.0. The number of phenols is 2. The molecule has 0 aliphatic heterocycles. The molecular weight excluding hydrogens is 308 g/mol. The minimum atomic E-state index is 0.390. The van der Waals surface area contributed by atoms with E-state index < -0.39 is 0 Å². The second-order valence-electron chi connectivity index (χ2n) is 6.91. The molecule has 0 atom stereocenters. The van der Waals surface area contributed by atoms with Gasteiger partial charge in [-0.1, -0.05) is 64.8 Å². The number of hydrogen-bond donors (Lipinski definition) is 2. The molecule has 0 aliphatic rings. The quantitative estimate of drug-likeness (QED) is 0.645. The van der Waals surface area contributed by atoms with Crippen molar-refractivity contribution in [3.63, 3.8) is 0 Å². The maximum absolute atomic E-state index is 10.7. The van der Waals surface area contributed by atoms with Crippen molar-refractivity contribution in [3.05, 3.63) is 57.6 Å². The van der Waals surface area contributed by atoms with Crippen molar-refractivity contribution in [3.8, 4) is 11.5 Å². The van der Waals surface area contributed by atoms with Crippen LogP contribution in [0.5, 0.6) is 11.5 Å². The predicted octanol–water partition coefficient (Wildman–Crippen LogP) is 5.72. The Kier molecular flexibility index (Phi) is 6.92. The number of rotatable bonds is 8. The van der Waals surface area contributed by atoms with Crippen LogP contribution < -0.4 is 0 Å². The van der Waals surface area contributed by atoms with Crippen LogP contribution in [0.15, 0.2) is 24.3 Å². The Bertz CT molecular complexity index is 655. The minimum absolute atomic E-state index is 0.390. The lowest BCUT2D eigenvalue weighted by Crippen LogP contribution is -1.99. The zero-order chi connectivity index (χ0) is 18.4. The molecule has 0 aliphatic carbocycles. The van der Waals surface area contributed by atoms with E-state index >= 15 is 0 Å². The molecule has 0 bridgehead atoms. The molecule has 25 heavy (non-hydrogen) atoms. The Morgan fingerprint density at radius 3 is 1.28 bits per heavy atom. The second kappa shape index (κ2) is 8.94. The van der Waals surface area contributed by atoms with Gasteiger partial charge in [-0.25, -0.2) is 0 Å². The standard InChI is InChI=1S/C23H32O2/c1-5-9-16-11-18(7-3)22(24)20(13-16)15-21-14-17(10-6-2)12-19(8-4)23(21)25/h11-14,24-25H,5-10,15H2,1-4H3. The summed E-state index contributed by atoms with van der Waals surface area (Å²) >= 11 is 0. The Hall–Kier alpha value is -1.96. The highest BCUT2D eigenvalue weighted by Gasteiger charge is 2.14. The molecule has 0 saturated heterocycles. The number of aromatic hydroxyl groups is 2. The van der Waals surface area contributed by atoms with Gasteiger partial charge in [0, 0.05) is 6.42 Å². The fraction of sp³-hybridized carbons (Fsp3) is 0.478. The van der Waals surface area contributed by atoms with Crippen LogP contribution in [0.1, 0.15) is 73.9 Å². The van der Waals surface area contributed by atoms with Crippen molar-refractivity contribution in [2.24, 2.45) is 0 Å². The molecule has 2 nitrogen and oxygen atoms in total. The molecule has 0 heterocycles. The van der Waals surface area contributed by atoms with Crippen molar-refractivity contribution >= 4 is 0 Å². The van der Waals surface area contributed by atoms with E-state index in [0.717, 1.165) is 60.8 Å². The lowest BCUT2D eigenvalue weighted by molar-refractivity contribution is 0.456. The van der Waals surface area contributed by atoms with Gasteiger partial charge in [-0.15, -0.1) is 0 Å². The van der Waals surface area contributed by atoms with Gasteiger partial charge >= 0.3 is 0 Å². The maximum Gasteiger partial charge on any atom is 0.122 e. The molecular formula is C23H32O2. The average molecular weight is 341 g/mol. The lowest BCUT2D eigenvalue weighted by atomic mass is 9.92. The minimum Gasteiger partial charge on any atom is -0.507 e. The summed E-state index contributed by atoms with van der Waals surface area (Å²) in [7, 11) is 0. The number of hydrogen-bond acceptors (Lipinski definition) is 2. The molecule has 2 heteroatoms. The zero-order valence-corrected chi connectivity index (χ0v) is 16.2. The van der Waals surface area contributed by atoms with Gasteiger partial charge in [-0.05, 0) is 59.1 Å². The van der Waals surface area contributed by atoms with Crippen LogP contribution in [0.3, 0.4) is 0 Å². The molecule has 2 N–H and O–H groups in total. The summed E-state index contributed by atoms with van der Waals surface area (Å²) in [5.41, 5.74) is 6.39. The molecule has 0 spiro atoms. The molecule has 2 rings (SSSR count). The van der Waals surface area contributed by atoms with Crippen molar-refractivity contribution in [1.82, 2.24) is 0 Å². The molecule has 0 saturated carbocycles. The highest BCUT2D eigenvalue weighted by atomic mass is 16.3. The van der Waals surface area contributed by atoms with Gasteiger partial charge in [0.1, 0.15) is 11.5 Å². The van der Waals surface area contributed by atoms with Crippen molar-refractivity contribution < 1.29 is 10.2 Å². The second-order valence-corrected chi connectivity index (χ2v) is 6.91. The monoisotopic (exact) mass is 340 g/mol. The van der Waals surface area contributed by atoms with E-state index in [1.54, 1.807) is 0 Å². The topological polar surface area (TPSA) is 40.5 Å². The largest absolute Gasteiger partial charge is 0.507 e. The zero-order valence-electron chi connectivity index (χ0n) is 16.2. The third kappa shape index (κ3) is 4.56. The summed E-state index contributed by atoms with van der Waals surface area (Å²) in [6.07, 6.45) is 6.42. The smallest absolute Gasteiger partial charge is 0.122 e. The van der Waals surface area contributed by atoms with E-state index in [2.05, 4.69) is 52.0 Å². The summed E-state index contributed by atoms with van der Waals surface area (Å²) in [5.74, 6) is 0.779. The van der Waals surface area contributed by atoms with Crippen LogP contribution in [0, 0.1) is 0 Å². The first-order valence-corrected chi connectivity index (χ1v) is 9.71. The fourth-order valence-corrected chi connectivity index (χ4v) is 3.54. The molecule has 2 aromatic carbocycles. The van der Waals surface area contributed by atoms with Crippen LogP contribution in [0.25, 0.3) is 0 Å². The first-order valence-electron chi connectivity index (χ1n) is 9.71. The van der Waals surface area contributed by atoms with Gasteiger partial charge in [0.05, 0.1) is 0 Å². The van der Waals surface area contributed by atoms with Gasteiger partial charge in [0.25, 0.3) is 0 Å². The van der Waals surface area contributed by atoms with Gasteiger partial charge in [0.2, 0.25) is 0 Å². The number of phenolic OH excluding ortho intramolecular Hbond substituents is 2. The number of benzene rings is 2. The highest BCUT2D eigenvalue weighted by Crippen LogP contribution is 2.33. The summed E-state index contributed by atoms with van der Waals surface area (Å²) < 4.78 is 0. The third-order valence-corrected chi connectivity index (χ3v) is 4.88. The SMILES string of the molecule is CCCc1cc(CC)c(O)c(Cc2cc(CCC)cc(CC)c2O)c1. The maximum atomic E-state index is 10.7. The number of aryl methyl sites for hydroxylation is 4. The van der Waals surface area contributed by atoms with E-state index in [1.807, 2.05) is 0 Å². The Morgan fingerprint density at radius 1 is 0.600 bits per heavy atom. The molecule has 0 amide bonds. The Labute approximate surface area is 152 Å². The highest BCUT2D eigenvalue weighted by molar-refractivity contribution is 5.51. The lowest BCUT2D eigenvalue weighted by Gasteiger charge is -2.15. The third-order valence-electron chi connectivity index (χ3n) is 4.88. The van der Waals surface area contributed by atoms with Crippen molar-refractivity contribution in [2.45, 2.75) is 72.6 Å². The molecule has 136 valence electrons. The summed E-state index contributed by atoms with van der Waals surface area (Å²) in [4.78, 5) is 0. The van der Waals surface area contributed by atoms with E-state index in [1.165, 1.54) is 11.1 Å². The summed E-state index contributed by atoms with van der Waals surface area (Å²) in [5, 5.41) is 21.3. The van der Waals surface area contributed by atoms with Gasteiger partial charge < -0.3 is 10.2 Å². The normalized spacial score (nSPS) is 11.0. The van der Waals surface area contributed by atoms with Crippen LogP contribution in [0.4, 0.5) is 0 Å². The van der Waals surface area contributed by atoms with Gasteiger partial charge in [0.15, 0.2) is 0 Å². The van der Waals surface area contributed by atoms with Crippen LogP contribution in [-0.2, 0) is 32.1 Å². The average Bonchev–Trinajstić information content (AvgIpc) is 2.60. The molecule has 0 aromatic heterocycles. The molecule has 0 fully saturated rings. The molecule has 0 unspecified atom stereocenters. The molecule has 2 aromatic rings. The van der Waals surface area contributed by atoms with E-state index in [-0.39, 0.29) is 0 Å². The van der Waals surface area contributed by atoms with Gasteiger partial charge in [-0.3, -0.25) is 0 Å². The predicted molar refractivity (Wildman–Crippen MR) is 106 cm³/mol. The van der Waals surface area contributed by atoms with Gasteiger partial charge in [-0.2, -0.15) is 0 Å². The van der Waals surface area contributed by atoms with Crippen LogP contribution in [-0.4, -0.2) is 10.2 Å². The molecule has 0 radical (unpaired) electrons. The Morgan fingerprint density at radius 2 is 0.960 bits per heavy atom. The van der Waals surface area contributed by atoms with Crippen LogP contribution >= 0.6 is 0 Å². The summed E-state index contributed by atoms with van der Waals surface area (Å²) in [6, 6.07) is 8.45. The van der Waals surface area contributed by atoms with Crippen molar-refractivity contribution in [1.29, 1.82) is 0 Å². The van der Waals surface area contributed by atoms with E-state index in [0.29, 0.717) is 17.9 Å². The fourth-order valence-electron chi connectivity index (χ4n) is 3.54. The summed E-state index contributed by atoms with van der Waals surface area (Å²) in [6.45, 7) is 8.49.